The SMILES string of the molecule is Cc1ccc(C(=O)Oc2ccc(Cc3ccc(OOCc4ccc(O)cc4COO)cc3)cc2)c(C(=O)O)c1. The standard InChI is InChI=1S/C30H26O9/c1-19-2-13-27(28(14-19)29(32)33)30(34)38-25-9-3-20(4-10-25)15-21-5-11-26(12-6-21)39-37-18-22-7-8-24(31)16-23(22)17-36-35/h2-14,16,31,35H,15,17-18H2,1H3,(H,32,33). The number of rotatable bonds is 11. The van der Waals surface area contributed by atoms with Crippen LogP contribution in [0.3, 0.4) is 0 Å². The number of carboxylic acids is 1. The first-order valence-electron chi connectivity index (χ1n) is 11.9. The van der Waals surface area contributed by atoms with E-state index in [1.54, 1.807) is 43.3 Å². The first-order valence-corrected chi connectivity index (χ1v) is 11.9. The molecular weight excluding hydrogens is 504 g/mol. The lowest BCUT2D eigenvalue weighted by Gasteiger charge is -2.10. The Hall–Kier alpha value is -4.70. The van der Waals surface area contributed by atoms with Crippen LogP contribution >= 0.6 is 0 Å². The highest BCUT2D eigenvalue weighted by Gasteiger charge is 2.18. The molecule has 0 unspecified atom stereocenters. The van der Waals surface area contributed by atoms with E-state index < -0.39 is 11.9 Å². The van der Waals surface area contributed by atoms with Gasteiger partial charge in [-0.1, -0.05) is 42.0 Å². The normalized spacial score (nSPS) is 10.7. The van der Waals surface area contributed by atoms with Crippen molar-refractivity contribution in [2.24, 2.45) is 0 Å². The van der Waals surface area contributed by atoms with Crippen LogP contribution in [0.5, 0.6) is 17.2 Å². The van der Waals surface area contributed by atoms with Gasteiger partial charge in [0.15, 0.2) is 5.75 Å². The third kappa shape index (κ3) is 7.42. The van der Waals surface area contributed by atoms with Gasteiger partial charge in [-0.15, -0.1) is 0 Å². The van der Waals surface area contributed by atoms with Gasteiger partial charge in [0, 0.05) is 0 Å². The van der Waals surface area contributed by atoms with Gasteiger partial charge >= 0.3 is 11.9 Å². The lowest BCUT2D eigenvalue weighted by molar-refractivity contribution is -0.253. The molecule has 0 aliphatic heterocycles. The second-order valence-corrected chi connectivity index (χ2v) is 8.78. The van der Waals surface area contributed by atoms with Crippen LogP contribution in [0.25, 0.3) is 0 Å². The topological polar surface area (TPSA) is 132 Å². The third-order valence-electron chi connectivity index (χ3n) is 5.87. The Kier molecular flexibility index (Phi) is 8.90. The summed E-state index contributed by atoms with van der Waals surface area (Å²) in [4.78, 5) is 38.8. The predicted molar refractivity (Wildman–Crippen MR) is 140 cm³/mol. The summed E-state index contributed by atoms with van der Waals surface area (Å²) in [5.41, 5.74) is 3.87. The van der Waals surface area contributed by atoms with Crippen LogP contribution in [0.15, 0.2) is 84.9 Å². The molecule has 0 fully saturated rings. The molecule has 0 saturated carbocycles. The minimum Gasteiger partial charge on any atom is -0.508 e. The number of esters is 1. The van der Waals surface area contributed by atoms with Crippen molar-refractivity contribution in [1.82, 2.24) is 0 Å². The Morgan fingerprint density at radius 3 is 2.05 bits per heavy atom. The lowest BCUT2D eigenvalue weighted by Crippen LogP contribution is -2.14. The molecule has 0 radical (unpaired) electrons. The Morgan fingerprint density at radius 1 is 0.744 bits per heavy atom. The molecule has 0 saturated heterocycles. The maximum atomic E-state index is 12.5. The number of ether oxygens (including phenoxy) is 1. The zero-order chi connectivity index (χ0) is 27.8. The van der Waals surface area contributed by atoms with Crippen molar-refractivity contribution in [3.8, 4) is 17.2 Å². The fourth-order valence-electron chi connectivity index (χ4n) is 3.87. The molecule has 9 heteroatoms. The van der Waals surface area contributed by atoms with E-state index in [2.05, 4.69) is 4.89 Å². The highest BCUT2D eigenvalue weighted by molar-refractivity contribution is 6.03. The van der Waals surface area contributed by atoms with E-state index in [4.69, 9.17) is 19.8 Å². The quantitative estimate of drug-likeness (QED) is 0.0965. The van der Waals surface area contributed by atoms with Crippen molar-refractivity contribution in [3.05, 3.63) is 124 Å². The van der Waals surface area contributed by atoms with Gasteiger partial charge in [0.25, 0.3) is 0 Å². The fourth-order valence-corrected chi connectivity index (χ4v) is 3.87. The average molecular weight is 531 g/mol. The van der Waals surface area contributed by atoms with Crippen LogP contribution in [-0.4, -0.2) is 27.4 Å². The molecule has 39 heavy (non-hydrogen) atoms. The Balaban J connectivity index is 1.30. The van der Waals surface area contributed by atoms with Gasteiger partial charge in [-0.25, -0.2) is 14.5 Å². The molecule has 4 aromatic carbocycles. The van der Waals surface area contributed by atoms with Crippen LogP contribution in [0.1, 0.15) is 48.5 Å². The minimum atomic E-state index is -1.19. The molecule has 4 rings (SSSR count). The van der Waals surface area contributed by atoms with Crippen LogP contribution in [-0.2, 0) is 29.4 Å². The number of phenols is 1. The first kappa shape index (κ1) is 27.3. The fraction of sp³-hybridized carbons (Fsp3) is 0.133. The number of aryl methyl sites for hydroxylation is 1. The van der Waals surface area contributed by atoms with Crippen molar-refractivity contribution in [2.75, 3.05) is 0 Å². The van der Waals surface area contributed by atoms with E-state index in [-0.39, 0.29) is 30.1 Å². The number of carbonyl (C=O) groups is 2. The molecule has 0 aliphatic carbocycles. The van der Waals surface area contributed by atoms with E-state index in [9.17, 15) is 19.8 Å². The molecule has 0 aliphatic rings. The minimum absolute atomic E-state index is 0.00820. The number of aromatic hydroxyl groups is 1. The van der Waals surface area contributed by atoms with Gasteiger partial charge in [0.2, 0.25) is 0 Å². The molecule has 0 amide bonds. The number of carboxylic acid groups (broad SMARTS) is 1. The predicted octanol–water partition coefficient (Wildman–Crippen LogP) is 5.71. The lowest BCUT2D eigenvalue weighted by atomic mass is 10.0. The highest BCUT2D eigenvalue weighted by atomic mass is 17.2. The van der Waals surface area contributed by atoms with Crippen molar-refractivity contribution in [3.63, 3.8) is 0 Å². The number of hydrogen-bond acceptors (Lipinski definition) is 8. The molecule has 4 aromatic rings. The monoisotopic (exact) mass is 530 g/mol. The van der Waals surface area contributed by atoms with E-state index in [1.807, 2.05) is 24.3 Å². The second-order valence-electron chi connectivity index (χ2n) is 8.78. The van der Waals surface area contributed by atoms with Crippen molar-refractivity contribution in [1.29, 1.82) is 0 Å². The zero-order valence-corrected chi connectivity index (χ0v) is 21.0. The summed E-state index contributed by atoms with van der Waals surface area (Å²) in [7, 11) is 0. The van der Waals surface area contributed by atoms with Crippen molar-refractivity contribution >= 4 is 11.9 Å². The molecule has 0 spiro atoms. The van der Waals surface area contributed by atoms with E-state index in [0.717, 1.165) is 16.7 Å². The van der Waals surface area contributed by atoms with E-state index >= 15 is 0 Å². The highest BCUT2D eigenvalue weighted by Crippen LogP contribution is 2.22. The van der Waals surface area contributed by atoms with Gasteiger partial charge in [0.05, 0.1) is 11.1 Å². The maximum Gasteiger partial charge on any atom is 0.344 e. The Morgan fingerprint density at radius 2 is 1.41 bits per heavy atom. The Bertz CT molecular complexity index is 1440. The van der Waals surface area contributed by atoms with Crippen LogP contribution in [0.4, 0.5) is 0 Å². The summed E-state index contributed by atoms with van der Waals surface area (Å²) in [5, 5.41) is 27.7. The third-order valence-corrected chi connectivity index (χ3v) is 5.87. The molecule has 9 nitrogen and oxygen atoms in total. The van der Waals surface area contributed by atoms with Gasteiger partial charge in [-0.05, 0) is 84.1 Å². The smallest absolute Gasteiger partial charge is 0.344 e. The molecule has 3 N–H and O–H groups in total. The van der Waals surface area contributed by atoms with Crippen molar-refractivity contribution < 1.29 is 44.5 Å². The van der Waals surface area contributed by atoms with E-state index in [0.29, 0.717) is 29.0 Å². The number of hydrogen-bond donors (Lipinski definition) is 3. The second kappa shape index (κ2) is 12.7. The van der Waals surface area contributed by atoms with Gasteiger partial charge < -0.3 is 19.8 Å². The summed E-state index contributed by atoms with van der Waals surface area (Å²) < 4.78 is 5.38. The van der Waals surface area contributed by atoms with Crippen LogP contribution in [0.2, 0.25) is 0 Å². The van der Waals surface area contributed by atoms with Gasteiger partial charge in [-0.3, -0.25) is 5.26 Å². The van der Waals surface area contributed by atoms with E-state index in [1.165, 1.54) is 24.3 Å². The summed E-state index contributed by atoms with van der Waals surface area (Å²) in [6.45, 7) is 1.74. The summed E-state index contributed by atoms with van der Waals surface area (Å²) >= 11 is 0. The van der Waals surface area contributed by atoms with Gasteiger partial charge in [-0.2, -0.15) is 4.89 Å². The number of aromatic carboxylic acids is 1. The Labute approximate surface area is 224 Å². The molecular formula is C30H26O9. The molecule has 0 heterocycles. The molecule has 0 bridgehead atoms. The number of carbonyl (C=O) groups excluding carboxylic acids is 1. The number of phenolic OH excluding ortho intramolecular Hbond substituents is 1. The maximum absolute atomic E-state index is 12.5. The molecule has 0 atom stereocenters. The summed E-state index contributed by atoms with van der Waals surface area (Å²) in [6.07, 6.45) is 0.620. The molecule has 0 aromatic heterocycles. The average Bonchev–Trinajstić information content (AvgIpc) is 2.92. The van der Waals surface area contributed by atoms with Crippen LogP contribution in [0, 0.1) is 6.92 Å². The summed E-state index contributed by atoms with van der Waals surface area (Å²) in [6, 6.07) is 23.5. The summed E-state index contributed by atoms with van der Waals surface area (Å²) in [5.74, 6) is -1.07. The van der Waals surface area contributed by atoms with Gasteiger partial charge in [0.1, 0.15) is 24.7 Å². The molecule has 200 valence electrons. The number of benzene rings is 4. The van der Waals surface area contributed by atoms with Crippen LogP contribution < -0.4 is 9.62 Å². The largest absolute Gasteiger partial charge is 0.508 e. The first-order chi connectivity index (χ1) is 18.8. The van der Waals surface area contributed by atoms with Crippen molar-refractivity contribution in [2.45, 2.75) is 26.6 Å². The zero-order valence-electron chi connectivity index (χ0n) is 21.0.